The van der Waals surface area contributed by atoms with Crippen LogP contribution in [0.5, 0.6) is 0 Å². The number of ether oxygens (including phenoxy) is 1. The maximum Gasteiger partial charge on any atom is 0.338 e. The number of carbonyl (C=O) groups excluding carboxylic acids is 1. The van der Waals surface area contributed by atoms with Crippen molar-refractivity contribution in [3.05, 3.63) is 59.2 Å². The molecule has 5 heteroatoms. The number of aromatic nitrogens is 1. The fourth-order valence-corrected chi connectivity index (χ4v) is 1.62. The van der Waals surface area contributed by atoms with Crippen LogP contribution in [0.2, 0.25) is 0 Å². The number of hydrogen-bond acceptors (Lipinski definition) is 4. The SMILES string of the molecule is Cc1ccc(N)cc1C(=O)OCc1cncc(F)c1. The van der Waals surface area contributed by atoms with E-state index in [1.807, 2.05) is 0 Å². The van der Waals surface area contributed by atoms with Crippen LogP contribution in [0.1, 0.15) is 21.5 Å². The summed E-state index contributed by atoms with van der Waals surface area (Å²) in [6.45, 7) is 1.76. The first-order valence-corrected chi connectivity index (χ1v) is 5.69. The van der Waals surface area contributed by atoms with Gasteiger partial charge in [-0.25, -0.2) is 9.18 Å². The van der Waals surface area contributed by atoms with Crippen LogP contribution in [-0.2, 0) is 11.3 Å². The maximum absolute atomic E-state index is 12.9. The summed E-state index contributed by atoms with van der Waals surface area (Å²) >= 11 is 0. The second kappa shape index (κ2) is 5.48. The first kappa shape index (κ1) is 13.0. The molecule has 1 heterocycles. The minimum Gasteiger partial charge on any atom is -0.457 e. The Bertz CT molecular complexity index is 614. The van der Waals surface area contributed by atoms with Gasteiger partial charge in [0.05, 0.1) is 11.8 Å². The fourth-order valence-electron chi connectivity index (χ4n) is 1.62. The largest absolute Gasteiger partial charge is 0.457 e. The summed E-state index contributed by atoms with van der Waals surface area (Å²) in [5, 5.41) is 0. The Morgan fingerprint density at radius 1 is 1.37 bits per heavy atom. The quantitative estimate of drug-likeness (QED) is 0.680. The molecule has 4 nitrogen and oxygen atoms in total. The number of nitrogen functional groups attached to an aromatic ring is 1. The number of carbonyl (C=O) groups is 1. The Morgan fingerprint density at radius 2 is 2.16 bits per heavy atom. The van der Waals surface area contributed by atoms with E-state index in [2.05, 4.69) is 4.98 Å². The van der Waals surface area contributed by atoms with Gasteiger partial charge in [0.2, 0.25) is 0 Å². The number of hydrogen-bond donors (Lipinski definition) is 1. The summed E-state index contributed by atoms with van der Waals surface area (Å²) in [6, 6.07) is 6.28. The highest BCUT2D eigenvalue weighted by Gasteiger charge is 2.11. The van der Waals surface area contributed by atoms with Crippen molar-refractivity contribution in [3.63, 3.8) is 0 Å². The number of nitrogens with zero attached hydrogens (tertiary/aromatic N) is 1. The predicted molar refractivity (Wildman–Crippen MR) is 68.9 cm³/mol. The number of aryl methyl sites for hydroxylation is 1. The average molecular weight is 260 g/mol. The van der Waals surface area contributed by atoms with Crippen molar-refractivity contribution < 1.29 is 13.9 Å². The first-order chi connectivity index (χ1) is 9.06. The molecule has 0 aliphatic heterocycles. The molecule has 2 aromatic rings. The zero-order valence-corrected chi connectivity index (χ0v) is 10.4. The van der Waals surface area contributed by atoms with Crippen molar-refractivity contribution in [1.29, 1.82) is 0 Å². The third-order valence-electron chi connectivity index (χ3n) is 2.61. The van der Waals surface area contributed by atoms with Gasteiger partial charge in [0.1, 0.15) is 12.4 Å². The number of esters is 1. The van der Waals surface area contributed by atoms with Gasteiger partial charge in [-0.1, -0.05) is 6.07 Å². The monoisotopic (exact) mass is 260 g/mol. The van der Waals surface area contributed by atoms with Gasteiger partial charge in [0, 0.05) is 17.4 Å². The molecular formula is C14H13FN2O2. The van der Waals surface area contributed by atoms with E-state index in [9.17, 15) is 9.18 Å². The number of anilines is 1. The van der Waals surface area contributed by atoms with E-state index in [0.717, 1.165) is 11.8 Å². The lowest BCUT2D eigenvalue weighted by Crippen LogP contribution is -2.08. The Kier molecular flexibility index (Phi) is 3.75. The van der Waals surface area contributed by atoms with Gasteiger partial charge in [-0.3, -0.25) is 4.98 Å². The Morgan fingerprint density at radius 3 is 2.89 bits per heavy atom. The van der Waals surface area contributed by atoms with Crippen LogP contribution < -0.4 is 5.73 Å². The van der Waals surface area contributed by atoms with E-state index in [1.54, 1.807) is 25.1 Å². The lowest BCUT2D eigenvalue weighted by atomic mass is 10.1. The summed E-state index contributed by atoms with van der Waals surface area (Å²) in [7, 11) is 0. The molecule has 0 radical (unpaired) electrons. The molecule has 2 rings (SSSR count). The van der Waals surface area contributed by atoms with E-state index in [1.165, 1.54) is 12.3 Å². The minimum absolute atomic E-state index is 0.0299. The second-order valence-electron chi connectivity index (χ2n) is 4.16. The van der Waals surface area contributed by atoms with Gasteiger partial charge in [0.25, 0.3) is 0 Å². The van der Waals surface area contributed by atoms with Crippen LogP contribution in [-0.4, -0.2) is 11.0 Å². The third kappa shape index (κ3) is 3.28. The normalized spacial score (nSPS) is 10.2. The zero-order chi connectivity index (χ0) is 13.8. The Labute approximate surface area is 110 Å². The molecule has 0 unspecified atom stereocenters. The van der Waals surface area contributed by atoms with Crippen molar-refractivity contribution in [2.75, 3.05) is 5.73 Å². The molecule has 0 saturated heterocycles. The summed E-state index contributed by atoms with van der Waals surface area (Å²) in [6.07, 6.45) is 2.54. The summed E-state index contributed by atoms with van der Waals surface area (Å²) in [5.74, 6) is -0.956. The van der Waals surface area contributed by atoms with Gasteiger partial charge < -0.3 is 10.5 Å². The average Bonchev–Trinajstić information content (AvgIpc) is 2.39. The molecule has 19 heavy (non-hydrogen) atoms. The van der Waals surface area contributed by atoms with E-state index in [0.29, 0.717) is 16.8 Å². The standard InChI is InChI=1S/C14H13FN2O2/c1-9-2-3-12(16)5-13(9)14(18)19-8-10-4-11(15)7-17-6-10/h2-7H,8,16H2,1H3. The molecule has 0 aliphatic rings. The molecule has 0 amide bonds. The molecule has 1 aromatic carbocycles. The predicted octanol–water partition coefficient (Wildman–Crippen LogP) is 2.47. The summed E-state index contributed by atoms with van der Waals surface area (Å²) < 4.78 is 18.0. The van der Waals surface area contributed by atoms with Gasteiger partial charge in [-0.2, -0.15) is 0 Å². The van der Waals surface area contributed by atoms with E-state index >= 15 is 0 Å². The highest BCUT2D eigenvalue weighted by molar-refractivity contribution is 5.92. The Balaban J connectivity index is 2.07. The molecule has 0 atom stereocenters. The third-order valence-corrected chi connectivity index (χ3v) is 2.61. The van der Waals surface area contributed by atoms with Gasteiger partial charge in [0.15, 0.2) is 0 Å². The van der Waals surface area contributed by atoms with Crippen LogP contribution in [0.4, 0.5) is 10.1 Å². The highest BCUT2D eigenvalue weighted by Crippen LogP contribution is 2.14. The van der Waals surface area contributed by atoms with Gasteiger partial charge >= 0.3 is 5.97 Å². The molecule has 0 aliphatic carbocycles. The maximum atomic E-state index is 12.9. The van der Waals surface area contributed by atoms with E-state index < -0.39 is 11.8 Å². The zero-order valence-electron chi connectivity index (χ0n) is 10.4. The summed E-state index contributed by atoms with van der Waals surface area (Å²) in [5.41, 5.74) is 7.79. The van der Waals surface area contributed by atoms with Crippen LogP contribution >= 0.6 is 0 Å². The molecule has 0 bridgehead atoms. The number of pyridine rings is 1. The lowest BCUT2D eigenvalue weighted by Gasteiger charge is -2.08. The lowest BCUT2D eigenvalue weighted by molar-refractivity contribution is 0.0471. The van der Waals surface area contributed by atoms with Gasteiger partial charge in [-0.15, -0.1) is 0 Å². The number of nitrogens with two attached hydrogens (primary N) is 1. The summed E-state index contributed by atoms with van der Waals surface area (Å²) in [4.78, 5) is 15.6. The topological polar surface area (TPSA) is 65.2 Å². The van der Waals surface area contributed by atoms with Gasteiger partial charge in [-0.05, 0) is 30.7 Å². The molecule has 0 saturated carbocycles. The van der Waals surface area contributed by atoms with Crippen molar-refractivity contribution in [1.82, 2.24) is 4.98 Å². The smallest absolute Gasteiger partial charge is 0.338 e. The molecule has 0 spiro atoms. The number of halogens is 1. The number of benzene rings is 1. The van der Waals surface area contributed by atoms with Crippen molar-refractivity contribution in [2.24, 2.45) is 0 Å². The van der Waals surface area contributed by atoms with Crippen LogP contribution in [0.3, 0.4) is 0 Å². The van der Waals surface area contributed by atoms with E-state index in [4.69, 9.17) is 10.5 Å². The second-order valence-corrected chi connectivity index (χ2v) is 4.16. The van der Waals surface area contributed by atoms with Crippen LogP contribution in [0.15, 0.2) is 36.7 Å². The molecule has 98 valence electrons. The van der Waals surface area contributed by atoms with E-state index in [-0.39, 0.29) is 6.61 Å². The highest BCUT2D eigenvalue weighted by atomic mass is 19.1. The Hall–Kier alpha value is -2.43. The molecular weight excluding hydrogens is 247 g/mol. The minimum atomic E-state index is -0.492. The molecule has 1 aromatic heterocycles. The van der Waals surface area contributed by atoms with Crippen molar-refractivity contribution >= 4 is 11.7 Å². The molecule has 2 N–H and O–H groups in total. The number of rotatable bonds is 3. The fraction of sp³-hybridized carbons (Fsp3) is 0.143. The van der Waals surface area contributed by atoms with Crippen molar-refractivity contribution in [3.8, 4) is 0 Å². The molecule has 0 fully saturated rings. The van der Waals surface area contributed by atoms with Crippen molar-refractivity contribution in [2.45, 2.75) is 13.5 Å². The van der Waals surface area contributed by atoms with Crippen LogP contribution in [0, 0.1) is 12.7 Å². The first-order valence-electron chi connectivity index (χ1n) is 5.69. The van der Waals surface area contributed by atoms with Crippen LogP contribution in [0.25, 0.3) is 0 Å².